The fourth-order valence-corrected chi connectivity index (χ4v) is 8.95. The van der Waals surface area contributed by atoms with Crippen molar-refractivity contribution >= 4 is 49.7 Å². The van der Waals surface area contributed by atoms with Gasteiger partial charge >= 0.3 is 0 Å². The molecule has 2 nitrogen and oxygen atoms in total. The molecule has 8 aromatic carbocycles. The molecular weight excluding hydrogens is 691 g/mol. The van der Waals surface area contributed by atoms with Crippen LogP contribution < -0.4 is 0 Å². The van der Waals surface area contributed by atoms with Gasteiger partial charge in [-0.1, -0.05) is 177 Å². The lowest BCUT2D eigenvalue weighted by Gasteiger charge is -2.16. The van der Waals surface area contributed by atoms with Crippen LogP contribution in [0.25, 0.3) is 88.5 Å². The van der Waals surface area contributed by atoms with Crippen molar-refractivity contribution in [1.82, 2.24) is 0 Å². The van der Waals surface area contributed by atoms with Crippen molar-refractivity contribution in [3.63, 3.8) is 0 Å². The van der Waals surface area contributed by atoms with Crippen LogP contribution in [0.15, 0.2) is 222 Å². The lowest BCUT2D eigenvalue weighted by atomic mass is 9.87. The van der Waals surface area contributed by atoms with Gasteiger partial charge in [-0.05, 0) is 96.3 Å². The maximum absolute atomic E-state index is 6.74. The van der Waals surface area contributed by atoms with E-state index in [4.69, 9.17) is 16.0 Å². The molecule has 0 spiro atoms. The monoisotopic (exact) mass is 725 g/mol. The standard InChI is InChI=1S/C55H35NO/c1-3-40-52(34(2)32-49(37-16-8-5-9-17-37)56-55(40)38-26-24-36(25-27-38)35-14-6-4-7-15-35)48-22-13-23-50-54(48)47-29-28-39(33-51(47)57-50)41-30-31-46-43-19-11-10-18-42(43)45-21-12-20-44(41)53(45)46/h3-33H,1-2H2. The minimum Gasteiger partial charge on any atom is -0.456 e. The lowest BCUT2D eigenvalue weighted by molar-refractivity contribution is 0.669. The Bertz CT molecular complexity index is 3200. The van der Waals surface area contributed by atoms with E-state index in [0.717, 1.165) is 77.9 Å². The van der Waals surface area contributed by atoms with Gasteiger partial charge in [-0.2, -0.15) is 0 Å². The van der Waals surface area contributed by atoms with E-state index in [2.05, 4.69) is 164 Å². The molecule has 1 aromatic heterocycles. The summed E-state index contributed by atoms with van der Waals surface area (Å²) in [5, 5.41) is 4.65. The third-order valence-corrected chi connectivity index (χ3v) is 11.6. The fourth-order valence-electron chi connectivity index (χ4n) is 8.95. The molecule has 0 atom stereocenters. The average Bonchev–Trinajstić information content (AvgIpc) is 3.76. The number of aliphatic imine (C=N–C) groups is 1. The molecule has 1 aliphatic heterocycles. The van der Waals surface area contributed by atoms with Gasteiger partial charge in [0.2, 0.25) is 0 Å². The van der Waals surface area contributed by atoms with E-state index in [1.165, 1.54) is 44.2 Å². The second-order valence-electron chi connectivity index (χ2n) is 14.7. The van der Waals surface area contributed by atoms with E-state index in [0.29, 0.717) is 0 Å². The first-order chi connectivity index (χ1) is 28.1. The number of benzene rings is 8. The molecule has 0 radical (unpaired) electrons. The van der Waals surface area contributed by atoms with Crippen LogP contribution in [0, 0.1) is 0 Å². The number of hydrogen-bond donors (Lipinski definition) is 0. The molecule has 2 heteroatoms. The Labute approximate surface area is 331 Å². The van der Waals surface area contributed by atoms with Gasteiger partial charge in [0.25, 0.3) is 0 Å². The smallest absolute Gasteiger partial charge is 0.136 e. The van der Waals surface area contributed by atoms with Crippen molar-refractivity contribution in [2.45, 2.75) is 0 Å². The van der Waals surface area contributed by atoms with Gasteiger partial charge in [0, 0.05) is 27.5 Å². The van der Waals surface area contributed by atoms with Gasteiger partial charge in [0.1, 0.15) is 11.2 Å². The van der Waals surface area contributed by atoms with Crippen molar-refractivity contribution in [3.8, 4) is 44.5 Å². The first-order valence-corrected chi connectivity index (χ1v) is 19.3. The molecule has 0 fully saturated rings. The maximum Gasteiger partial charge on any atom is 0.136 e. The summed E-state index contributed by atoms with van der Waals surface area (Å²) in [6.07, 6.45) is 4.03. The summed E-state index contributed by atoms with van der Waals surface area (Å²) in [7, 11) is 0. The quantitative estimate of drug-likeness (QED) is 0.168. The molecule has 1 aliphatic carbocycles. The van der Waals surface area contributed by atoms with Gasteiger partial charge in [-0.3, -0.25) is 0 Å². The van der Waals surface area contributed by atoms with Crippen LogP contribution in [0.5, 0.6) is 0 Å². The number of hydrogen-bond acceptors (Lipinski definition) is 2. The van der Waals surface area contributed by atoms with Crippen molar-refractivity contribution < 1.29 is 4.42 Å². The third-order valence-electron chi connectivity index (χ3n) is 11.6. The van der Waals surface area contributed by atoms with Gasteiger partial charge in [0.05, 0.1) is 11.4 Å². The Morgan fingerprint density at radius 1 is 0.439 bits per heavy atom. The number of furan rings is 1. The first kappa shape index (κ1) is 32.8. The number of allylic oxidation sites excluding steroid dienone is 5. The zero-order chi connectivity index (χ0) is 38.0. The number of fused-ring (bicyclic) bond motifs is 6. The summed E-state index contributed by atoms with van der Waals surface area (Å²) < 4.78 is 6.74. The molecule has 0 N–H and O–H groups in total. The predicted octanol–water partition coefficient (Wildman–Crippen LogP) is 14.8. The first-order valence-electron chi connectivity index (χ1n) is 19.3. The van der Waals surface area contributed by atoms with E-state index >= 15 is 0 Å². The fraction of sp³-hybridized carbons (Fsp3) is 0. The SMILES string of the molecule is C=CC1=C(c2cccc3oc4cc(-c5ccc6c7c(cccc57)-c5ccccc5-6)ccc4c23)C(=C)C=C(c2ccccc2)N=C1c1ccc(-c2ccccc2)cc1. The van der Waals surface area contributed by atoms with Crippen LogP contribution in [0.4, 0.5) is 0 Å². The van der Waals surface area contributed by atoms with E-state index in [1.807, 2.05) is 30.3 Å². The largest absolute Gasteiger partial charge is 0.456 e. The molecule has 266 valence electrons. The molecule has 0 saturated heterocycles. The molecular formula is C55H35NO. The zero-order valence-corrected chi connectivity index (χ0v) is 31.2. The zero-order valence-electron chi connectivity index (χ0n) is 31.2. The Kier molecular flexibility index (Phi) is 7.52. The highest BCUT2D eigenvalue weighted by molar-refractivity contribution is 6.25. The normalized spacial score (nSPS) is 13.5. The van der Waals surface area contributed by atoms with Crippen LogP contribution in [0.1, 0.15) is 16.7 Å². The summed E-state index contributed by atoms with van der Waals surface area (Å²) >= 11 is 0. The van der Waals surface area contributed by atoms with E-state index in [1.54, 1.807) is 0 Å². The van der Waals surface area contributed by atoms with Gasteiger partial charge in [-0.25, -0.2) is 4.99 Å². The topological polar surface area (TPSA) is 25.5 Å². The summed E-state index contributed by atoms with van der Waals surface area (Å²) in [6, 6.07) is 62.3. The number of rotatable bonds is 6. The van der Waals surface area contributed by atoms with Crippen LogP contribution in [-0.4, -0.2) is 5.71 Å². The molecule has 2 heterocycles. The minimum absolute atomic E-state index is 0.821. The molecule has 0 saturated carbocycles. The average molecular weight is 726 g/mol. The van der Waals surface area contributed by atoms with Gasteiger partial charge in [0.15, 0.2) is 0 Å². The molecule has 11 rings (SSSR count). The van der Waals surface area contributed by atoms with Crippen molar-refractivity contribution in [2.24, 2.45) is 4.99 Å². The highest BCUT2D eigenvalue weighted by atomic mass is 16.3. The van der Waals surface area contributed by atoms with Gasteiger partial charge < -0.3 is 4.42 Å². The summed E-state index contributed by atoms with van der Waals surface area (Å²) in [6.45, 7) is 9.07. The molecule has 0 amide bonds. The molecule has 57 heavy (non-hydrogen) atoms. The second kappa shape index (κ2) is 13.0. The predicted molar refractivity (Wildman–Crippen MR) is 240 cm³/mol. The molecule has 0 bridgehead atoms. The van der Waals surface area contributed by atoms with E-state index in [-0.39, 0.29) is 0 Å². The van der Waals surface area contributed by atoms with Crippen LogP contribution in [-0.2, 0) is 0 Å². The molecule has 9 aromatic rings. The van der Waals surface area contributed by atoms with Crippen molar-refractivity contribution in [1.29, 1.82) is 0 Å². The van der Waals surface area contributed by atoms with Crippen LogP contribution >= 0.6 is 0 Å². The van der Waals surface area contributed by atoms with Crippen LogP contribution in [0.3, 0.4) is 0 Å². The highest BCUT2D eigenvalue weighted by Crippen LogP contribution is 2.50. The van der Waals surface area contributed by atoms with Crippen molar-refractivity contribution in [2.75, 3.05) is 0 Å². The van der Waals surface area contributed by atoms with Crippen LogP contribution in [0.2, 0.25) is 0 Å². The van der Waals surface area contributed by atoms with E-state index in [9.17, 15) is 0 Å². The van der Waals surface area contributed by atoms with Crippen molar-refractivity contribution in [3.05, 3.63) is 229 Å². The number of nitrogens with zero attached hydrogens (tertiary/aromatic N) is 1. The summed E-state index contributed by atoms with van der Waals surface area (Å²) in [4.78, 5) is 5.39. The highest BCUT2D eigenvalue weighted by Gasteiger charge is 2.25. The Balaban J connectivity index is 1.08. The summed E-state index contributed by atoms with van der Waals surface area (Å²) in [5.41, 5.74) is 19.0. The van der Waals surface area contributed by atoms with E-state index < -0.39 is 0 Å². The Morgan fingerprint density at radius 2 is 1.04 bits per heavy atom. The summed E-state index contributed by atoms with van der Waals surface area (Å²) in [5.74, 6) is 0. The molecule has 0 unspecified atom stereocenters. The molecule has 2 aliphatic rings. The second-order valence-corrected chi connectivity index (χ2v) is 14.7. The maximum atomic E-state index is 6.74. The lowest BCUT2D eigenvalue weighted by Crippen LogP contribution is -2.06. The minimum atomic E-state index is 0.821. The third kappa shape index (κ3) is 5.22. The Morgan fingerprint density at radius 3 is 1.79 bits per heavy atom. The van der Waals surface area contributed by atoms with Gasteiger partial charge in [-0.15, -0.1) is 0 Å². The Hall–Kier alpha value is -7.55.